The Labute approximate surface area is 53.3 Å². The number of amides is 1. The highest BCUT2D eigenvalue weighted by Crippen LogP contribution is 2.01. The zero-order valence-electron chi connectivity index (χ0n) is 5.29. The summed E-state index contributed by atoms with van der Waals surface area (Å²) in [5, 5.41) is 1.20. The predicted octanol–water partition coefficient (Wildman–Crippen LogP) is -0.246. The van der Waals surface area contributed by atoms with E-state index in [0.29, 0.717) is 13.0 Å². The van der Waals surface area contributed by atoms with Gasteiger partial charge in [-0.1, -0.05) is 0 Å². The first-order valence-electron chi connectivity index (χ1n) is 2.77. The first kappa shape index (κ1) is 6.51. The minimum Gasteiger partial charge on any atom is -0.358 e. The molecule has 4 heteroatoms. The van der Waals surface area contributed by atoms with E-state index in [1.807, 2.05) is 0 Å². The zero-order chi connectivity index (χ0) is 6.69. The van der Waals surface area contributed by atoms with Gasteiger partial charge in [0.2, 0.25) is 0 Å². The molecule has 0 aromatic rings. The summed E-state index contributed by atoms with van der Waals surface area (Å²) >= 11 is 0. The fourth-order valence-electron chi connectivity index (χ4n) is 0.658. The summed E-state index contributed by atoms with van der Waals surface area (Å²) in [6.07, 6.45) is 0.424. The lowest BCUT2D eigenvalue weighted by atomic mass is 10.4. The molecule has 0 aliphatic carbocycles. The Balaban J connectivity index is 2.39. The molecule has 0 saturated carbocycles. The van der Waals surface area contributed by atoms with Gasteiger partial charge in [0.1, 0.15) is 6.73 Å². The smallest absolute Gasteiger partial charge is 0.250 e. The van der Waals surface area contributed by atoms with Crippen molar-refractivity contribution in [3.8, 4) is 0 Å². The van der Waals surface area contributed by atoms with Crippen molar-refractivity contribution in [1.82, 2.24) is 5.06 Å². The Morgan fingerprint density at radius 1 is 1.78 bits per heavy atom. The fraction of sp³-hybridized carbons (Fsp3) is 0.800. The second-order valence-electron chi connectivity index (χ2n) is 1.74. The van der Waals surface area contributed by atoms with Crippen LogP contribution >= 0.6 is 0 Å². The van der Waals surface area contributed by atoms with Crippen LogP contribution in [0.2, 0.25) is 0 Å². The van der Waals surface area contributed by atoms with E-state index < -0.39 is 0 Å². The van der Waals surface area contributed by atoms with Gasteiger partial charge in [0.15, 0.2) is 0 Å². The molecule has 4 nitrogen and oxygen atoms in total. The van der Waals surface area contributed by atoms with Crippen molar-refractivity contribution in [1.29, 1.82) is 0 Å². The van der Waals surface area contributed by atoms with Gasteiger partial charge in [0, 0.05) is 0 Å². The first-order valence-corrected chi connectivity index (χ1v) is 2.77. The minimum absolute atomic E-state index is 0.0104. The molecule has 1 amide bonds. The van der Waals surface area contributed by atoms with E-state index in [0.717, 1.165) is 0 Å². The lowest BCUT2D eigenvalue weighted by Gasteiger charge is -2.23. The third-order valence-electron chi connectivity index (χ3n) is 1.17. The molecule has 0 N–H and O–H groups in total. The van der Waals surface area contributed by atoms with Crippen molar-refractivity contribution in [3.05, 3.63) is 0 Å². The topological polar surface area (TPSA) is 38.8 Å². The summed E-state index contributed by atoms with van der Waals surface area (Å²) in [4.78, 5) is 15.4. The van der Waals surface area contributed by atoms with Crippen LogP contribution in [0.15, 0.2) is 0 Å². The molecule has 0 radical (unpaired) electrons. The molecule has 0 bridgehead atoms. The van der Waals surface area contributed by atoms with Gasteiger partial charge < -0.3 is 4.74 Å². The molecule has 1 aliphatic rings. The Morgan fingerprint density at radius 2 is 2.56 bits per heavy atom. The standard InChI is InChI=1S/C5H9NO3/c1-8-6-4-9-3-2-5(6)7/h2-4H2,1H3. The van der Waals surface area contributed by atoms with E-state index in [1.54, 1.807) is 0 Å². The van der Waals surface area contributed by atoms with Crippen LogP contribution in [0.1, 0.15) is 6.42 Å². The van der Waals surface area contributed by atoms with Crippen LogP contribution in [-0.2, 0) is 14.4 Å². The molecule has 0 aromatic carbocycles. The number of hydroxylamine groups is 2. The normalized spacial score (nSPS) is 20.6. The van der Waals surface area contributed by atoms with E-state index in [1.165, 1.54) is 12.2 Å². The number of hydrogen-bond acceptors (Lipinski definition) is 3. The number of carbonyl (C=O) groups excluding carboxylic acids is 1. The average Bonchev–Trinajstić information content (AvgIpc) is 1.89. The van der Waals surface area contributed by atoms with Gasteiger partial charge in [0.25, 0.3) is 5.91 Å². The Hall–Kier alpha value is -0.610. The van der Waals surface area contributed by atoms with Crippen LogP contribution in [0.25, 0.3) is 0 Å². The molecule has 1 fully saturated rings. The minimum atomic E-state index is -0.0104. The largest absolute Gasteiger partial charge is 0.358 e. The maximum absolute atomic E-state index is 10.7. The van der Waals surface area contributed by atoms with Crippen molar-refractivity contribution >= 4 is 5.91 Å². The second kappa shape index (κ2) is 2.80. The van der Waals surface area contributed by atoms with Crippen molar-refractivity contribution < 1.29 is 14.4 Å². The molecular weight excluding hydrogens is 122 g/mol. The summed E-state index contributed by atoms with van der Waals surface area (Å²) in [6.45, 7) is 0.772. The van der Waals surface area contributed by atoms with Crippen molar-refractivity contribution in [3.63, 3.8) is 0 Å². The molecule has 9 heavy (non-hydrogen) atoms. The maximum Gasteiger partial charge on any atom is 0.250 e. The molecule has 52 valence electrons. The molecule has 0 unspecified atom stereocenters. The maximum atomic E-state index is 10.7. The highest BCUT2D eigenvalue weighted by atomic mass is 16.7. The second-order valence-corrected chi connectivity index (χ2v) is 1.74. The summed E-state index contributed by atoms with van der Waals surface area (Å²) in [5.74, 6) is -0.0104. The summed E-state index contributed by atoms with van der Waals surface area (Å²) in [6, 6.07) is 0. The molecule has 0 spiro atoms. The molecule has 1 aliphatic heterocycles. The van der Waals surface area contributed by atoms with Crippen LogP contribution in [-0.4, -0.2) is 31.4 Å². The van der Waals surface area contributed by atoms with Crippen LogP contribution in [0, 0.1) is 0 Å². The quantitative estimate of drug-likeness (QED) is 0.492. The van der Waals surface area contributed by atoms with Crippen molar-refractivity contribution in [2.45, 2.75) is 6.42 Å². The third kappa shape index (κ3) is 1.40. The lowest BCUT2D eigenvalue weighted by Crippen LogP contribution is -2.37. The van der Waals surface area contributed by atoms with Crippen molar-refractivity contribution in [2.75, 3.05) is 20.4 Å². The van der Waals surface area contributed by atoms with E-state index in [4.69, 9.17) is 4.74 Å². The van der Waals surface area contributed by atoms with E-state index in [-0.39, 0.29) is 12.6 Å². The molecular formula is C5H9NO3. The predicted molar refractivity (Wildman–Crippen MR) is 29.3 cm³/mol. The first-order chi connectivity index (χ1) is 4.34. The molecule has 0 atom stereocenters. The number of hydrogen-bond donors (Lipinski definition) is 0. The highest BCUT2D eigenvalue weighted by molar-refractivity contribution is 5.75. The van der Waals surface area contributed by atoms with Gasteiger partial charge >= 0.3 is 0 Å². The SMILES string of the molecule is CON1COCCC1=O. The highest BCUT2D eigenvalue weighted by Gasteiger charge is 2.17. The van der Waals surface area contributed by atoms with Crippen LogP contribution < -0.4 is 0 Å². The Kier molecular flexibility index (Phi) is 2.02. The summed E-state index contributed by atoms with van der Waals surface area (Å²) < 4.78 is 4.92. The molecule has 1 saturated heterocycles. The summed E-state index contributed by atoms with van der Waals surface area (Å²) in [5.41, 5.74) is 0. The number of rotatable bonds is 1. The van der Waals surface area contributed by atoms with E-state index >= 15 is 0 Å². The third-order valence-corrected chi connectivity index (χ3v) is 1.17. The van der Waals surface area contributed by atoms with Crippen LogP contribution in [0.4, 0.5) is 0 Å². The average molecular weight is 131 g/mol. The summed E-state index contributed by atoms with van der Waals surface area (Å²) in [7, 11) is 1.45. The van der Waals surface area contributed by atoms with Gasteiger partial charge in [-0.3, -0.25) is 9.63 Å². The molecule has 1 rings (SSSR count). The van der Waals surface area contributed by atoms with Crippen molar-refractivity contribution in [2.24, 2.45) is 0 Å². The van der Waals surface area contributed by atoms with Gasteiger partial charge in [-0.15, -0.1) is 0 Å². The zero-order valence-corrected chi connectivity index (χ0v) is 5.29. The fourth-order valence-corrected chi connectivity index (χ4v) is 0.658. The molecule has 0 aromatic heterocycles. The van der Waals surface area contributed by atoms with Crippen LogP contribution in [0.3, 0.4) is 0 Å². The van der Waals surface area contributed by atoms with Crippen LogP contribution in [0.5, 0.6) is 0 Å². The van der Waals surface area contributed by atoms with E-state index in [2.05, 4.69) is 4.84 Å². The van der Waals surface area contributed by atoms with Gasteiger partial charge in [-0.2, -0.15) is 5.06 Å². The van der Waals surface area contributed by atoms with Gasteiger partial charge in [-0.25, -0.2) is 0 Å². The van der Waals surface area contributed by atoms with Gasteiger partial charge in [-0.05, 0) is 0 Å². The monoisotopic (exact) mass is 131 g/mol. The van der Waals surface area contributed by atoms with Gasteiger partial charge in [0.05, 0.1) is 20.1 Å². The number of carbonyl (C=O) groups is 1. The number of nitrogens with zero attached hydrogens (tertiary/aromatic N) is 1. The Bertz CT molecular complexity index is 115. The number of ether oxygens (including phenoxy) is 1. The Morgan fingerprint density at radius 3 is 3.00 bits per heavy atom. The van der Waals surface area contributed by atoms with E-state index in [9.17, 15) is 4.79 Å². The lowest BCUT2D eigenvalue weighted by molar-refractivity contribution is -0.214. The molecule has 1 heterocycles.